The van der Waals surface area contributed by atoms with Crippen LogP contribution in [0, 0.1) is 28.8 Å². The fourth-order valence-electron chi connectivity index (χ4n) is 3.27. The van der Waals surface area contributed by atoms with Gasteiger partial charge in [0.25, 0.3) is 5.91 Å². The minimum absolute atomic E-state index is 0.0796. The molecule has 6 heteroatoms. The van der Waals surface area contributed by atoms with E-state index < -0.39 is 17.5 Å². The van der Waals surface area contributed by atoms with Crippen LogP contribution >= 0.6 is 0 Å². The Balaban J connectivity index is 2.05. The lowest BCUT2D eigenvalue weighted by atomic mass is 9.88. The summed E-state index contributed by atoms with van der Waals surface area (Å²) in [6.07, 6.45) is 0. The number of hydrogen-bond acceptors (Lipinski definition) is 2. The van der Waals surface area contributed by atoms with Gasteiger partial charge in [0.2, 0.25) is 0 Å². The number of halogens is 3. The lowest BCUT2D eigenvalue weighted by Gasteiger charge is -2.14. The van der Waals surface area contributed by atoms with E-state index in [4.69, 9.17) is 0 Å². The molecule has 0 aromatic heterocycles. The highest BCUT2D eigenvalue weighted by atomic mass is 19.1. The molecule has 1 N–H and O–H groups in total. The lowest BCUT2D eigenvalue weighted by molar-refractivity contribution is 0.0966. The van der Waals surface area contributed by atoms with E-state index in [9.17, 15) is 23.2 Å². The first-order valence-corrected chi connectivity index (χ1v) is 8.08. The van der Waals surface area contributed by atoms with E-state index in [0.29, 0.717) is 34.4 Å². The van der Waals surface area contributed by atoms with Crippen LogP contribution in [0.2, 0.25) is 0 Å². The van der Waals surface area contributed by atoms with Crippen molar-refractivity contribution in [3.8, 4) is 28.3 Å². The average molecular weight is 364 g/mol. The highest BCUT2D eigenvalue weighted by Crippen LogP contribution is 2.38. The maximum atomic E-state index is 14.5. The first-order valence-electron chi connectivity index (χ1n) is 8.08. The summed E-state index contributed by atoms with van der Waals surface area (Å²) >= 11 is 0. The number of nitrogens with zero attached hydrogens (tertiary/aromatic N) is 1. The monoisotopic (exact) mass is 364 g/mol. The summed E-state index contributed by atoms with van der Waals surface area (Å²) in [5, 5.41) is 12.1. The number of carbonyl (C=O) groups is 1. The molecule has 3 aromatic rings. The van der Waals surface area contributed by atoms with E-state index >= 15 is 0 Å². The van der Waals surface area contributed by atoms with Gasteiger partial charge in [-0.3, -0.25) is 4.79 Å². The molecule has 0 unspecified atom stereocenters. The number of nitriles is 1. The van der Waals surface area contributed by atoms with Gasteiger partial charge in [-0.25, -0.2) is 13.2 Å². The molecule has 0 saturated heterocycles. The minimum atomic E-state index is -0.796. The molecule has 4 rings (SSSR count). The minimum Gasteiger partial charge on any atom is -0.348 e. The second-order valence-electron chi connectivity index (χ2n) is 6.16. The molecule has 1 amide bonds. The second kappa shape index (κ2) is 6.29. The smallest absolute Gasteiger partial charge is 0.251 e. The highest BCUT2D eigenvalue weighted by molar-refractivity contribution is 6.02. The third-order valence-electron chi connectivity index (χ3n) is 4.54. The second-order valence-corrected chi connectivity index (χ2v) is 6.16. The normalized spacial score (nSPS) is 12.4. The predicted molar refractivity (Wildman–Crippen MR) is 93.1 cm³/mol. The fourth-order valence-corrected chi connectivity index (χ4v) is 3.27. The zero-order chi connectivity index (χ0) is 19.1. The summed E-state index contributed by atoms with van der Waals surface area (Å²) in [6.45, 7) is 0.302. The summed E-state index contributed by atoms with van der Waals surface area (Å²) in [7, 11) is 0. The van der Waals surface area contributed by atoms with Gasteiger partial charge < -0.3 is 5.32 Å². The number of hydrogen-bond donors (Lipinski definition) is 1. The third kappa shape index (κ3) is 2.83. The number of fused-ring (bicyclic) bond motifs is 1. The topological polar surface area (TPSA) is 52.9 Å². The summed E-state index contributed by atoms with van der Waals surface area (Å²) < 4.78 is 41.3. The highest BCUT2D eigenvalue weighted by Gasteiger charge is 2.24. The Bertz CT molecular complexity index is 1150. The molecule has 0 bridgehead atoms. The van der Waals surface area contributed by atoms with Gasteiger partial charge in [-0.2, -0.15) is 5.26 Å². The SMILES string of the molecule is N#Cc1cc(F)ccc1-c1cc2c(cc1-c1ccc(F)cc1F)C(=O)NC2. The van der Waals surface area contributed by atoms with E-state index in [1.54, 1.807) is 6.07 Å². The van der Waals surface area contributed by atoms with Gasteiger partial charge in [-0.05, 0) is 53.1 Å². The van der Waals surface area contributed by atoms with Crippen LogP contribution in [-0.2, 0) is 6.54 Å². The number of benzene rings is 3. The number of rotatable bonds is 2. The maximum absolute atomic E-state index is 14.5. The van der Waals surface area contributed by atoms with Crippen molar-refractivity contribution >= 4 is 5.91 Å². The molecule has 0 saturated carbocycles. The average Bonchev–Trinajstić information content (AvgIpc) is 3.01. The van der Waals surface area contributed by atoms with Gasteiger partial charge in [0.1, 0.15) is 17.5 Å². The summed E-state index contributed by atoms with van der Waals surface area (Å²) in [6, 6.07) is 12.0. The molecule has 0 aliphatic carbocycles. The zero-order valence-electron chi connectivity index (χ0n) is 13.8. The first kappa shape index (κ1) is 16.9. The number of nitrogens with one attached hydrogen (secondary N) is 1. The van der Waals surface area contributed by atoms with E-state index in [-0.39, 0.29) is 17.0 Å². The van der Waals surface area contributed by atoms with Crippen molar-refractivity contribution in [1.82, 2.24) is 5.32 Å². The molecular formula is C21H11F3N2O. The van der Waals surface area contributed by atoms with Gasteiger partial charge >= 0.3 is 0 Å². The van der Waals surface area contributed by atoms with Crippen LogP contribution in [0.15, 0.2) is 48.5 Å². The molecule has 0 fully saturated rings. The molecule has 1 aliphatic heterocycles. The Hall–Kier alpha value is -3.59. The first-order chi connectivity index (χ1) is 13.0. The molecule has 1 heterocycles. The van der Waals surface area contributed by atoms with Crippen molar-refractivity contribution in [1.29, 1.82) is 5.26 Å². The van der Waals surface area contributed by atoms with Crippen LogP contribution in [0.1, 0.15) is 21.5 Å². The molecular weight excluding hydrogens is 353 g/mol. The molecule has 0 spiro atoms. The molecule has 0 radical (unpaired) electrons. The Morgan fingerprint density at radius 3 is 2.19 bits per heavy atom. The summed E-state index contributed by atoms with van der Waals surface area (Å²) in [4.78, 5) is 12.0. The van der Waals surface area contributed by atoms with Crippen LogP contribution in [-0.4, -0.2) is 5.91 Å². The lowest BCUT2D eigenvalue weighted by Crippen LogP contribution is -2.12. The maximum Gasteiger partial charge on any atom is 0.251 e. The fraction of sp³-hybridized carbons (Fsp3) is 0.0476. The van der Waals surface area contributed by atoms with Crippen molar-refractivity contribution in [2.24, 2.45) is 0 Å². The molecule has 1 aliphatic rings. The molecule has 132 valence electrons. The van der Waals surface area contributed by atoms with Crippen molar-refractivity contribution < 1.29 is 18.0 Å². The summed E-state index contributed by atoms with van der Waals surface area (Å²) in [5.41, 5.74) is 2.43. The van der Waals surface area contributed by atoms with E-state index in [2.05, 4.69) is 5.32 Å². The van der Waals surface area contributed by atoms with Crippen molar-refractivity contribution in [2.45, 2.75) is 6.54 Å². The molecule has 27 heavy (non-hydrogen) atoms. The quantitative estimate of drug-likeness (QED) is 0.725. The van der Waals surface area contributed by atoms with E-state index in [0.717, 1.165) is 18.2 Å². The molecule has 3 nitrogen and oxygen atoms in total. The van der Waals surface area contributed by atoms with Gasteiger partial charge in [-0.15, -0.1) is 0 Å². The van der Waals surface area contributed by atoms with Crippen molar-refractivity contribution in [3.63, 3.8) is 0 Å². The zero-order valence-corrected chi connectivity index (χ0v) is 13.8. The third-order valence-corrected chi connectivity index (χ3v) is 4.54. The predicted octanol–water partition coefficient (Wildman–Crippen LogP) is 4.55. The summed E-state index contributed by atoms with van der Waals surface area (Å²) in [5.74, 6) is -2.38. The van der Waals surface area contributed by atoms with E-state index in [1.807, 2.05) is 6.07 Å². The van der Waals surface area contributed by atoms with Gasteiger partial charge in [-0.1, -0.05) is 6.07 Å². The van der Waals surface area contributed by atoms with Crippen LogP contribution in [0.25, 0.3) is 22.3 Å². The number of amides is 1. The van der Waals surface area contributed by atoms with Crippen LogP contribution in [0.5, 0.6) is 0 Å². The van der Waals surface area contributed by atoms with Gasteiger partial charge in [0.15, 0.2) is 0 Å². The largest absolute Gasteiger partial charge is 0.348 e. The Labute approximate surface area is 152 Å². The van der Waals surface area contributed by atoms with Crippen LogP contribution in [0.3, 0.4) is 0 Å². The Morgan fingerprint density at radius 2 is 1.48 bits per heavy atom. The van der Waals surface area contributed by atoms with Crippen molar-refractivity contribution in [3.05, 3.63) is 82.7 Å². The van der Waals surface area contributed by atoms with Crippen molar-refractivity contribution in [2.75, 3.05) is 0 Å². The Morgan fingerprint density at radius 1 is 0.815 bits per heavy atom. The number of carbonyl (C=O) groups excluding carboxylic acids is 1. The van der Waals surface area contributed by atoms with Crippen LogP contribution < -0.4 is 5.32 Å². The van der Waals surface area contributed by atoms with Gasteiger partial charge in [0, 0.05) is 29.3 Å². The van der Waals surface area contributed by atoms with E-state index in [1.165, 1.54) is 24.3 Å². The Kier molecular flexibility index (Phi) is 3.93. The molecule has 3 aromatic carbocycles. The standard InChI is InChI=1S/C21H11F3N2O/c22-13-1-3-15(11(5-13)9-25)18-6-12-10-26-21(27)17(12)8-19(18)16-4-2-14(23)7-20(16)24/h1-8H,10H2,(H,26,27). The molecule has 0 atom stereocenters. The van der Waals surface area contributed by atoms with Gasteiger partial charge in [0.05, 0.1) is 11.6 Å². The van der Waals surface area contributed by atoms with Crippen LogP contribution in [0.4, 0.5) is 13.2 Å².